The lowest BCUT2D eigenvalue weighted by atomic mass is 9.85. The fourth-order valence-electron chi connectivity index (χ4n) is 2.71. The number of aryl methyl sites for hydroxylation is 2. The molecule has 3 N–H and O–H groups in total. The van der Waals surface area contributed by atoms with Crippen molar-refractivity contribution < 1.29 is 4.79 Å². The number of rotatable bonds is 4. The van der Waals surface area contributed by atoms with Gasteiger partial charge in [-0.15, -0.1) is 36.2 Å². The molecule has 1 amide bonds. The second kappa shape index (κ2) is 9.62. The highest BCUT2D eigenvalue weighted by Crippen LogP contribution is 2.23. The molecule has 2 atom stereocenters. The van der Waals surface area contributed by atoms with Crippen LogP contribution in [0.2, 0.25) is 0 Å². The molecule has 0 aliphatic heterocycles. The Labute approximate surface area is 143 Å². The number of nitrogens with one attached hydrogen (secondary N) is 1. The van der Waals surface area contributed by atoms with Crippen LogP contribution in [0, 0.1) is 19.8 Å². The van der Waals surface area contributed by atoms with Gasteiger partial charge in [0.2, 0.25) is 5.91 Å². The zero-order valence-corrected chi connectivity index (χ0v) is 15.0. The van der Waals surface area contributed by atoms with Gasteiger partial charge in [0, 0.05) is 29.8 Å². The van der Waals surface area contributed by atoms with Crippen LogP contribution in [0.1, 0.15) is 41.3 Å². The maximum atomic E-state index is 12.0. The molecule has 0 bridgehead atoms. The molecular formula is C14H25Cl2N3OS. The van der Waals surface area contributed by atoms with E-state index in [1.807, 2.05) is 13.8 Å². The molecular weight excluding hydrogens is 329 g/mol. The fourth-order valence-corrected chi connectivity index (χ4v) is 3.65. The zero-order chi connectivity index (χ0) is 13.8. The number of halogens is 2. The van der Waals surface area contributed by atoms with E-state index in [-0.39, 0.29) is 42.7 Å². The Morgan fingerprint density at radius 3 is 2.67 bits per heavy atom. The predicted molar refractivity (Wildman–Crippen MR) is 92.7 cm³/mol. The van der Waals surface area contributed by atoms with Gasteiger partial charge in [-0.05, 0) is 33.1 Å². The van der Waals surface area contributed by atoms with Gasteiger partial charge in [0.1, 0.15) is 0 Å². The van der Waals surface area contributed by atoms with E-state index < -0.39 is 0 Å². The highest BCUT2D eigenvalue weighted by molar-refractivity contribution is 7.11. The first-order chi connectivity index (χ1) is 9.06. The molecule has 0 saturated heterocycles. The molecule has 1 saturated carbocycles. The summed E-state index contributed by atoms with van der Waals surface area (Å²) in [6.07, 6.45) is 4.83. The number of amides is 1. The highest BCUT2D eigenvalue weighted by Gasteiger charge is 2.24. The molecule has 1 aliphatic rings. The summed E-state index contributed by atoms with van der Waals surface area (Å²) in [5, 5.41) is 4.14. The Balaban J connectivity index is 0.00000200. The van der Waals surface area contributed by atoms with Gasteiger partial charge in [0.25, 0.3) is 0 Å². The number of nitrogens with two attached hydrogens (primary N) is 1. The third-order valence-corrected chi connectivity index (χ3v) is 4.87. The monoisotopic (exact) mass is 353 g/mol. The second-order valence-electron chi connectivity index (χ2n) is 5.41. The summed E-state index contributed by atoms with van der Waals surface area (Å²) < 4.78 is 0. The van der Waals surface area contributed by atoms with Gasteiger partial charge >= 0.3 is 0 Å². The molecule has 1 aromatic heterocycles. The van der Waals surface area contributed by atoms with Crippen molar-refractivity contribution in [2.24, 2.45) is 11.7 Å². The maximum absolute atomic E-state index is 12.0. The van der Waals surface area contributed by atoms with Crippen LogP contribution in [-0.2, 0) is 11.2 Å². The number of carbonyl (C=O) groups is 1. The lowest BCUT2D eigenvalue weighted by molar-refractivity contribution is -0.126. The van der Waals surface area contributed by atoms with Crippen molar-refractivity contribution in [1.82, 2.24) is 10.3 Å². The average molecular weight is 354 g/mol. The van der Waals surface area contributed by atoms with Gasteiger partial charge in [-0.25, -0.2) is 4.98 Å². The van der Waals surface area contributed by atoms with Gasteiger partial charge in [-0.1, -0.05) is 6.42 Å². The normalized spacial score (nSPS) is 21.1. The molecule has 1 heterocycles. The Morgan fingerprint density at radius 1 is 1.38 bits per heavy atom. The molecule has 1 fully saturated rings. The van der Waals surface area contributed by atoms with Gasteiger partial charge in [0.05, 0.1) is 10.7 Å². The van der Waals surface area contributed by atoms with Crippen LogP contribution in [0.4, 0.5) is 0 Å². The first kappa shape index (κ1) is 20.6. The third-order valence-electron chi connectivity index (χ3n) is 3.74. The lowest BCUT2D eigenvalue weighted by Gasteiger charge is -2.25. The molecule has 7 heteroatoms. The molecule has 0 aromatic carbocycles. The van der Waals surface area contributed by atoms with Crippen molar-refractivity contribution >= 4 is 42.1 Å². The van der Waals surface area contributed by atoms with E-state index in [4.69, 9.17) is 5.73 Å². The van der Waals surface area contributed by atoms with Crippen molar-refractivity contribution in [3.8, 4) is 0 Å². The fraction of sp³-hybridized carbons (Fsp3) is 0.714. The molecule has 4 nitrogen and oxygen atoms in total. The lowest BCUT2D eigenvalue weighted by Crippen LogP contribution is -2.38. The van der Waals surface area contributed by atoms with Gasteiger partial charge in [0.15, 0.2) is 0 Å². The number of carbonyl (C=O) groups excluding carboxylic acids is 1. The van der Waals surface area contributed by atoms with Crippen molar-refractivity contribution in [3.05, 3.63) is 15.6 Å². The number of hydrogen-bond donors (Lipinski definition) is 2. The molecule has 21 heavy (non-hydrogen) atoms. The van der Waals surface area contributed by atoms with E-state index in [0.717, 1.165) is 42.8 Å². The SMILES string of the molecule is Cc1nc(C)c(CCNC(=O)C2CCCC(N)C2)s1.Cl.Cl. The van der Waals surface area contributed by atoms with Crippen molar-refractivity contribution in [2.75, 3.05) is 6.54 Å². The quantitative estimate of drug-likeness (QED) is 0.874. The minimum Gasteiger partial charge on any atom is -0.355 e. The van der Waals surface area contributed by atoms with Crippen molar-refractivity contribution in [1.29, 1.82) is 0 Å². The standard InChI is InChI=1S/C14H23N3OS.2ClH/c1-9-13(19-10(2)17-9)6-7-16-14(18)11-4-3-5-12(15)8-11;;/h11-12H,3-8,15H2,1-2H3,(H,16,18);2*1H. The number of hydrogen-bond acceptors (Lipinski definition) is 4. The molecule has 1 aromatic rings. The van der Waals surface area contributed by atoms with Crippen molar-refractivity contribution in [2.45, 2.75) is 52.0 Å². The van der Waals surface area contributed by atoms with Crippen LogP contribution in [0.5, 0.6) is 0 Å². The molecule has 1 aliphatic carbocycles. The summed E-state index contributed by atoms with van der Waals surface area (Å²) in [6, 6.07) is 0.205. The smallest absolute Gasteiger partial charge is 0.223 e. The van der Waals surface area contributed by atoms with Gasteiger partial charge in [-0.3, -0.25) is 4.79 Å². The van der Waals surface area contributed by atoms with E-state index in [2.05, 4.69) is 10.3 Å². The van der Waals surface area contributed by atoms with Crippen LogP contribution in [0.15, 0.2) is 0 Å². The number of nitrogens with zero attached hydrogens (tertiary/aromatic N) is 1. The molecule has 122 valence electrons. The zero-order valence-electron chi connectivity index (χ0n) is 12.6. The van der Waals surface area contributed by atoms with Crippen LogP contribution < -0.4 is 11.1 Å². The molecule has 2 unspecified atom stereocenters. The Bertz CT molecular complexity index is 453. The summed E-state index contributed by atoms with van der Waals surface area (Å²) in [5.41, 5.74) is 7.01. The van der Waals surface area contributed by atoms with E-state index >= 15 is 0 Å². The second-order valence-corrected chi connectivity index (χ2v) is 6.69. The summed E-state index contributed by atoms with van der Waals surface area (Å²) >= 11 is 1.72. The van der Waals surface area contributed by atoms with E-state index in [1.54, 1.807) is 11.3 Å². The largest absolute Gasteiger partial charge is 0.355 e. The summed E-state index contributed by atoms with van der Waals surface area (Å²) in [4.78, 5) is 17.7. The van der Waals surface area contributed by atoms with Crippen LogP contribution in [-0.4, -0.2) is 23.5 Å². The Morgan fingerprint density at radius 2 is 2.10 bits per heavy atom. The van der Waals surface area contributed by atoms with Crippen LogP contribution in [0.3, 0.4) is 0 Å². The van der Waals surface area contributed by atoms with Crippen molar-refractivity contribution in [3.63, 3.8) is 0 Å². The summed E-state index contributed by atoms with van der Waals surface area (Å²) in [7, 11) is 0. The molecule has 0 spiro atoms. The summed E-state index contributed by atoms with van der Waals surface area (Å²) in [5.74, 6) is 0.294. The van der Waals surface area contributed by atoms with E-state index in [1.165, 1.54) is 4.88 Å². The van der Waals surface area contributed by atoms with E-state index in [0.29, 0.717) is 6.54 Å². The average Bonchev–Trinajstić information content (AvgIpc) is 2.68. The van der Waals surface area contributed by atoms with Crippen LogP contribution >= 0.6 is 36.2 Å². The minimum absolute atomic E-state index is 0. The first-order valence-corrected chi connectivity index (χ1v) is 7.84. The van der Waals surface area contributed by atoms with Crippen LogP contribution in [0.25, 0.3) is 0 Å². The van der Waals surface area contributed by atoms with Gasteiger partial charge < -0.3 is 11.1 Å². The Hall–Kier alpha value is -0.360. The number of thiazole rings is 1. The summed E-state index contributed by atoms with van der Waals surface area (Å²) in [6.45, 7) is 4.75. The maximum Gasteiger partial charge on any atom is 0.223 e. The van der Waals surface area contributed by atoms with Gasteiger partial charge in [-0.2, -0.15) is 0 Å². The van der Waals surface area contributed by atoms with E-state index in [9.17, 15) is 4.79 Å². The number of aromatic nitrogens is 1. The molecule has 0 radical (unpaired) electrons. The predicted octanol–water partition coefficient (Wildman–Crippen LogP) is 2.78. The Kier molecular flexibility index (Phi) is 9.45. The third kappa shape index (κ3) is 6.10. The topological polar surface area (TPSA) is 68.0 Å². The molecule has 2 rings (SSSR count). The minimum atomic E-state index is 0. The highest BCUT2D eigenvalue weighted by atomic mass is 35.5. The first-order valence-electron chi connectivity index (χ1n) is 7.02.